The first-order chi connectivity index (χ1) is 17.4. The van der Waals surface area contributed by atoms with E-state index in [1.807, 2.05) is 39.0 Å². The molecule has 1 atom stereocenters. The summed E-state index contributed by atoms with van der Waals surface area (Å²) in [6.07, 6.45) is 0.877. The molecule has 0 saturated heterocycles. The highest BCUT2D eigenvalue weighted by atomic mass is 16.5. The number of aromatic amines is 1. The number of nitrogens with zero attached hydrogens (tertiary/aromatic N) is 2. The Morgan fingerprint density at radius 1 is 1.38 bits per heavy atom. The van der Waals surface area contributed by atoms with Gasteiger partial charge in [0.2, 0.25) is 11.8 Å². The molecule has 2 aliphatic rings. The molecule has 1 saturated carbocycles. The number of H-pyrrole nitrogens is 1. The molecule has 1 aromatic heterocycles. The molecule has 194 valence electrons. The van der Waals surface area contributed by atoms with Crippen LogP contribution in [0.25, 0.3) is 0 Å². The van der Waals surface area contributed by atoms with Crippen LogP contribution < -0.4 is 16.2 Å². The second-order valence-electron chi connectivity index (χ2n) is 10.7. The molecule has 4 rings (SSSR count). The van der Waals surface area contributed by atoms with Gasteiger partial charge in [-0.1, -0.05) is 31.8 Å². The number of aryl methyl sites for hydroxylation is 1. The monoisotopic (exact) mass is 503 g/mol. The van der Waals surface area contributed by atoms with E-state index in [2.05, 4.69) is 28.1 Å². The van der Waals surface area contributed by atoms with Gasteiger partial charge >= 0.3 is 6.09 Å². The largest absolute Gasteiger partial charge is 0.449 e. The van der Waals surface area contributed by atoms with Gasteiger partial charge in [-0.25, -0.2) is 9.89 Å². The van der Waals surface area contributed by atoms with E-state index in [4.69, 9.17) is 20.9 Å². The van der Waals surface area contributed by atoms with E-state index in [-0.39, 0.29) is 23.6 Å². The Morgan fingerprint density at radius 2 is 2.08 bits per heavy atom. The van der Waals surface area contributed by atoms with Gasteiger partial charge in [0.05, 0.1) is 28.9 Å². The van der Waals surface area contributed by atoms with Gasteiger partial charge < -0.3 is 26.0 Å². The van der Waals surface area contributed by atoms with E-state index in [0.717, 1.165) is 29.5 Å². The lowest BCUT2D eigenvalue weighted by atomic mass is 9.61. The fraction of sp³-hybridized carbons (Fsp3) is 0.464. The van der Waals surface area contributed by atoms with Crippen molar-refractivity contribution in [2.24, 2.45) is 29.2 Å². The quantitative estimate of drug-likeness (QED) is 0.455. The lowest BCUT2D eigenvalue weighted by Crippen LogP contribution is -2.41. The highest BCUT2D eigenvalue weighted by Gasteiger charge is 2.51. The van der Waals surface area contributed by atoms with Crippen molar-refractivity contribution in [3.8, 4) is 23.8 Å². The molecule has 1 amide bonds. The van der Waals surface area contributed by atoms with Crippen LogP contribution in [0.3, 0.4) is 0 Å². The molecular formula is C28H33N5O4. The summed E-state index contributed by atoms with van der Waals surface area (Å²) in [5, 5.41) is 28.5. The van der Waals surface area contributed by atoms with E-state index in [0.29, 0.717) is 29.3 Å². The Labute approximate surface area is 216 Å². The highest BCUT2D eigenvalue weighted by Crippen LogP contribution is 2.53. The molecule has 0 bridgehead atoms. The second-order valence-corrected chi connectivity index (χ2v) is 10.7. The average Bonchev–Trinajstić information content (AvgIpc) is 3.15. The zero-order chi connectivity index (χ0) is 27.1. The molecule has 37 heavy (non-hydrogen) atoms. The minimum atomic E-state index is -1.15. The Hall–Kier alpha value is -3.95. The molecule has 1 fully saturated rings. The lowest BCUT2D eigenvalue weighted by Gasteiger charge is -2.41. The molecule has 0 spiro atoms. The first-order valence-electron chi connectivity index (χ1n) is 12.3. The Bertz CT molecular complexity index is 1360. The number of nitriles is 1. The summed E-state index contributed by atoms with van der Waals surface area (Å²) in [5.41, 5.74) is 13.1. The van der Waals surface area contributed by atoms with Crippen LogP contribution in [-0.2, 0) is 15.8 Å². The topological polar surface area (TPSA) is 160 Å². The zero-order valence-electron chi connectivity index (χ0n) is 21.8. The maximum atomic E-state index is 11.0. The first-order valence-corrected chi connectivity index (χ1v) is 12.3. The van der Waals surface area contributed by atoms with E-state index in [1.165, 1.54) is 0 Å². The van der Waals surface area contributed by atoms with Gasteiger partial charge in [0, 0.05) is 11.5 Å². The highest BCUT2D eigenvalue weighted by molar-refractivity contribution is 5.64. The number of fused-ring (bicyclic) bond motifs is 1. The maximum Gasteiger partial charge on any atom is 0.404 e. The minimum absolute atomic E-state index is 0.0207. The Balaban J connectivity index is 1.83. The fourth-order valence-electron chi connectivity index (χ4n) is 5.43. The summed E-state index contributed by atoms with van der Waals surface area (Å²) in [7, 11) is 0. The predicted octanol–water partition coefficient (Wildman–Crippen LogP) is 3.45. The third-order valence-corrected chi connectivity index (χ3v) is 7.35. The smallest absolute Gasteiger partial charge is 0.404 e. The number of amides is 1. The van der Waals surface area contributed by atoms with E-state index in [1.54, 1.807) is 13.8 Å². The molecule has 1 aliphatic carbocycles. The third kappa shape index (κ3) is 4.63. The van der Waals surface area contributed by atoms with Crippen LogP contribution in [0.2, 0.25) is 0 Å². The molecule has 9 heteroatoms. The number of aromatic nitrogens is 2. The third-order valence-electron chi connectivity index (χ3n) is 7.35. The summed E-state index contributed by atoms with van der Waals surface area (Å²) >= 11 is 0. The standard InChI is InChI=1S/C28H33N5O4/c1-15(2)28(22(13-29)24(30)37-25-23(28)16(3)32-33-25)21-11-18(10-20(12-21)27(4,5)35)7-6-17-8-19(9-17)14-36-26(31)34/h10-12,15,17,19,35H,8-9,14,30H2,1-5H3,(H2,31,34)(H,32,33)/t17-,19+,28?. The summed E-state index contributed by atoms with van der Waals surface area (Å²) in [4.78, 5) is 10.8. The van der Waals surface area contributed by atoms with Crippen molar-refractivity contribution in [2.45, 2.75) is 58.5 Å². The molecule has 9 nitrogen and oxygen atoms in total. The predicted molar refractivity (Wildman–Crippen MR) is 137 cm³/mol. The Kier molecular flexibility index (Phi) is 6.70. The number of ether oxygens (including phenoxy) is 2. The van der Waals surface area contributed by atoms with Gasteiger partial charge in [-0.3, -0.25) is 0 Å². The van der Waals surface area contributed by atoms with Crippen molar-refractivity contribution in [3.05, 3.63) is 57.6 Å². The number of primary amides is 1. The number of benzene rings is 1. The number of carbonyl (C=O) groups excluding carboxylic acids is 1. The van der Waals surface area contributed by atoms with Crippen LogP contribution in [-0.4, -0.2) is 28.0 Å². The summed E-state index contributed by atoms with van der Waals surface area (Å²) in [6.45, 7) is 9.65. The van der Waals surface area contributed by atoms with Crippen LogP contribution in [0.15, 0.2) is 29.7 Å². The van der Waals surface area contributed by atoms with Crippen LogP contribution in [0.5, 0.6) is 5.88 Å². The minimum Gasteiger partial charge on any atom is -0.449 e. The molecule has 1 aliphatic heterocycles. The average molecular weight is 504 g/mol. The van der Waals surface area contributed by atoms with Crippen molar-refractivity contribution < 1.29 is 19.4 Å². The van der Waals surface area contributed by atoms with Gasteiger partial charge in [-0.15, -0.1) is 0 Å². The van der Waals surface area contributed by atoms with Gasteiger partial charge in [-0.2, -0.15) is 10.4 Å². The van der Waals surface area contributed by atoms with Crippen molar-refractivity contribution in [3.63, 3.8) is 0 Å². The maximum absolute atomic E-state index is 11.0. The molecule has 0 radical (unpaired) electrons. The molecule has 1 aromatic carbocycles. The summed E-state index contributed by atoms with van der Waals surface area (Å²) in [6, 6.07) is 8.05. The number of hydrogen-bond acceptors (Lipinski definition) is 7. The molecular weight excluding hydrogens is 470 g/mol. The normalized spacial score (nSPS) is 22.8. The van der Waals surface area contributed by atoms with Crippen LogP contribution >= 0.6 is 0 Å². The van der Waals surface area contributed by atoms with Crippen molar-refractivity contribution in [1.82, 2.24) is 10.2 Å². The van der Waals surface area contributed by atoms with Crippen LogP contribution in [0, 0.1) is 47.8 Å². The molecule has 1 unspecified atom stereocenters. The zero-order valence-corrected chi connectivity index (χ0v) is 21.8. The van der Waals surface area contributed by atoms with Crippen LogP contribution in [0.1, 0.15) is 68.5 Å². The van der Waals surface area contributed by atoms with Gasteiger partial charge in [-0.05, 0) is 68.7 Å². The summed E-state index contributed by atoms with van der Waals surface area (Å²) in [5.74, 6) is 7.33. The number of nitrogens with one attached hydrogen (secondary N) is 1. The fourth-order valence-corrected chi connectivity index (χ4v) is 5.43. The van der Waals surface area contributed by atoms with Crippen LogP contribution in [0.4, 0.5) is 4.79 Å². The van der Waals surface area contributed by atoms with Crippen molar-refractivity contribution in [2.75, 3.05) is 6.61 Å². The number of aliphatic hydroxyl groups is 1. The molecule has 2 heterocycles. The van der Waals surface area contributed by atoms with Crippen molar-refractivity contribution in [1.29, 1.82) is 5.26 Å². The lowest BCUT2D eigenvalue weighted by molar-refractivity contribution is 0.0783. The van der Waals surface area contributed by atoms with Gasteiger partial charge in [0.25, 0.3) is 0 Å². The molecule has 6 N–H and O–H groups in total. The van der Waals surface area contributed by atoms with E-state index >= 15 is 0 Å². The number of carbonyl (C=O) groups is 1. The van der Waals surface area contributed by atoms with E-state index in [9.17, 15) is 15.2 Å². The number of allylic oxidation sites excluding steroid dienone is 1. The van der Waals surface area contributed by atoms with Gasteiger partial charge in [0.15, 0.2) is 0 Å². The summed E-state index contributed by atoms with van der Waals surface area (Å²) < 4.78 is 10.6. The van der Waals surface area contributed by atoms with E-state index < -0.39 is 17.1 Å². The molecule has 2 aromatic rings. The SMILES string of the molecule is Cc1n[nH]c2c1C(c1cc(C#C[C@H]3C[C@@H](COC(N)=O)C3)cc(C(C)(C)O)c1)(C(C)C)C(C#N)=C(N)O2. The number of nitrogens with two attached hydrogens (primary N) is 2. The number of rotatable bonds is 5. The van der Waals surface area contributed by atoms with Gasteiger partial charge in [0.1, 0.15) is 11.6 Å². The number of hydrogen-bond donors (Lipinski definition) is 4. The Morgan fingerprint density at radius 3 is 2.68 bits per heavy atom. The second kappa shape index (κ2) is 9.49. The first kappa shape index (κ1) is 26.1. The van der Waals surface area contributed by atoms with Crippen molar-refractivity contribution >= 4 is 6.09 Å².